The van der Waals surface area contributed by atoms with E-state index in [4.69, 9.17) is 16.0 Å². The third-order valence-electron chi connectivity index (χ3n) is 4.63. The van der Waals surface area contributed by atoms with Crippen LogP contribution < -0.4 is 5.43 Å². The van der Waals surface area contributed by atoms with Crippen LogP contribution in [-0.4, -0.2) is 37.4 Å². The summed E-state index contributed by atoms with van der Waals surface area (Å²) in [7, 11) is -3.84. The lowest BCUT2D eigenvalue weighted by Gasteiger charge is -2.32. The maximum atomic E-state index is 13.2. The first-order chi connectivity index (χ1) is 13.5. The van der Waals surface area contributed by atoms with Crippen LogP contribution in [-0.2, 0) is 14.8 Å². The van der Waals surface area contributed by atoms with Crippen LogP contribution in [0.2, 0.25) is 5.02 Å². The predicted octanol–water partition coefficient (Wildman–Crippen LogP) is 3.41. The van der Waals surface area contributed by atoms with Crippen LogP contribution in [0.5, 0.6) is 0 Å². The molecule has 3 rings (SSSR count). The summed E-state index contributed by atoms with van der Waals surface area (Å²) in [5, 5.41) is 4.27. The van der Waals surface area contributed by atoms with Gasteiger partial charge in [0.25, 0.3) is 5.91 Å². The Bertz CT molecular complexity index is 905. The molecule has 1 aromatic carbocycles. The Balaban J connectivity index is 1.76. The summed E-state index contributed by atoms with van der Waals surface area (Å²) >= 11 is 5.88. The lowest BCUT2D eigenvalue weighted by atomic mass is 9.95. The molecule has 7 nitrogen and oxygen atoms in total. The van der Waals surface area contributed by atoms with E-state index >= 15 is 0 Å². The molecule has 9 heteroatoms. The van der Waals surface area contributed by atoms with E-state index in [-0.39, 0.29) is 17.5 Å². The van der Waals surface area contributed by atoms with E-state index in [2.05, 4.69) is 10.5 Å². The van der Waals surface area contributed by atoms with Gasteiger partial charge in [-0.3, -0.25) is 4.79 Å². The van der Waals surface area contributed by atoms with Crippen molar-refractivity contribution in [2.75, 3.05) is 6.54 Å². The van der Waals surface area contributed by atoms with Crippen molar-refractivity contribution in [3.05, 3.63) is 53.4 Å². The van der Waals surface area contributed by atoms with Crippen LogP contribution in [0.4, 0.5) is 0 Å². The average molecular weight is 424 g/mol. The molecule has 0 bridgehead atoms. The average Bonchev–Trinajstić information content (AvgIpc) is 3.20. The molecule has 0 aliphatic heterocycles. The monoisotopic (exact) mass is 423 g/mol. The molecular weight excluding hydrogens is 402 g/mol. The molecule has 0 saturated heterocycles. The zero-order valence-electron chi connectivity index (χ0n) is 15.3. The van der Waals surface area contributed by atoms with Crippen molar-refractivity contribution >= 4 is 33.7 Å². The number of nitrogens with zero attached hydrogens (tertiary/aromatic N) is 2. The van der Waals surface area contributed by atoms with Crippen LogP contribution >= 0.6 is 11.6 Å². The Hall–Kier alpha value is -2.16. The Morgan fingerprint density at radius 3 is 2.57 bits per heavy atom. The SMILES string of the molecule is O=C(CN(C1CCCCC1)S(=O)(=O)c1ccc(Cl)cc1)N/N=C\c1ccco1. The van der Waals surface area contributed by atoms with E-state index in [0.29, 0.717) is 10.8 Å². The van der Waals surface area contributed by atoms with Gasteiger partial charge in [0, 0.05) is 11.1 Å². The zero-order chi connectivity index (χ0) is 20.0. The molecule has 1 aliphatic rings. The number of benzene rings is 1. The molecule has 1 aliphatic carbocycles. The molecule has 0 radical (unpaired) electrons. The first kappa shape index (κ1) is 20.6. The number of sulfonamides is 1. The van der Waals surface area contributed by atoms with Crippen LogP contribution in [0.15, 0.2) is 57.1 Å². The Morgan fingerprint density at radius 1 is 1.21 bits per heavy atom. The molecule has 1 saturated carbocycles. The van der Waals surface area contributed by atoms with Crippen LogP contribution in [0, 0.1) is 0 Å². The number of furan rings is 1. The Morgan fingerprint density at radius 2 is 1.93 bits per heavy atom. The lowest BCUT2D eigenvalue weighted by molar-refractivity contribution is -0.121. The van der Waals surface area contributed by atoms with E-state index in [1.165, 1.54) is 41.0 Å². The van der Waals surface area contributed by atoms with E-state index in [9.17, 15) is 13.2 Å². The molecule has 150 valence electrons. The largest absolute Gasteiger partial charge is 0.463 e. The van der Waals surface area contributed by atoms with Gasteiger partial charge in [-0.25, -0.2) is 13.8 Å². The highest BCUT2D eigenvalue weighted by atomic mass is 35.5. The molecule has 1 aromatic heterocycles. The molecule has 2 aromatic rings. The predicted molar refractivity (Wildman–Crippen MR) is 107 cm³/mol. The minimum Gasteiger partial charge on any atom is -0.463 e. The minimum atomic E-state index is -3.84. The Kier molecular flexibility index (Phi) is 6.88. The first-order valence-corrected chi connectivity index (χ1v) is 10.9. The molecule has 28 heavy (non-hydrogen) atoms. The summed E-state index contributed by atoms with van der Waals surface area (Å²) in [4.78, 5) is 12.5. The highest BCUT2D eigenvalue weighted by molar-refractivity contribution is 7.89. The number of rotatable bonds is 7. The van der Waals surface area contributed by atoms with Crippen molar-refractivity contribution in [1.82, 2.24) is 9.73 Å². The van der Waals surface area contributed by atoms with Gasteiger partial charge in [0.05, 0.1) is 23.9 Å². The third kappa shape index (κ3) is 5.21. The second kappa shape index (κ2) is 9.36. The number of hydrazone groups is 1. The second-order valence-corrected chi connectivity index (χ2v) is 8.93. The maximum absolute atomic E-state index is 13.2. The van der Waals surface area contributed by atoms with Crippen molar-refractivity contribution in [2.45, 2.75) is 43.0 Å². The van der Waals surface area contributed by atoms with Gasteiger partial charge in [0.2, 0.25) is 10.0 Å². The highest BCUT2D eigenvalue weighted by Crippen LogP contribution is 2.28. The van der Waals surface area contributed by atoms with Gasteiger partial charge in [-0.1, -0.05) is 30.9 Å². The number of hydrogen-bond acceptors (Lipinski definition) is 5. The Labute approximate surface area is 169 Å². The van der Waals surface area contributed by atoms with Gasteiger partial charge in [-0.05, 0) is 49.2 Å². The zero-order valence-corrected chi connectivity index (χ0v) is 16.8. The minimum absolute atomic E-state index is 0.120. The van der Waals surface area contributed by atoms with Crippen molar-refractivity contribution in [1.29, 1.82) is 0 Å². The van der Waals surface area contributed by atoms with E-state index in [0.717, 1.165) is 32.1 Å². The van der Waals surface area contributed by atoms with Gasteiger partial charge < -0.3 is 4.42 Å². The molecule has 1 amide bonds. The van der Waals surface area contributed by atoms with Gasteiger partial charge in [0.15, 0.2) is 0 Å². The standard InChI is InChI=1S/C19H22ClN3O4S/c20-15-8-10-18(11-9-15)28(25,26)23(16-5-2-1-3-6-16)14-19(24)22-21-13-17-7-4-12-27-17/h4,7-13,16H,1-3,5-6,14H2,(H,22,24)/b21-13-. The fraction of sp³-hybridized carbons (Fsp3) is 0.368. The summed E-state index contributed by atoms with van der Waals surface area (Å²) in [6, 6.07) is 9.15. The number of carbonyl (C=O) groups is 1. The second-order valence-electron chi connectivity index (χ2n) is 6.60. The smallest absolute Gasteiger partial charge is 0.255 e. The number of nitrogens with one attached hydrogen (secondary N) is 1. The quantitative estimate of drug-likeness (QED) is 0.545. The van der Waals surface area contributed by atoms with Crippen molar-refractivity contribution < 1.29 is 17.6 Å². The fourth-order valence-electron chi connectivity index (χ4n) is 3.23. The maximum Gasteiger partial charge on any atom is 0.255 e. The van der Waals surface area contributed by atoms with Crippen molar-refractivity contribution in [2.24, 2.45) is 5.10 Å². The molecule has 0 atom stereocenters. The summed E-state index contributed by atoms with van der Waals surface area (Å²) in [5.74, 6) is -0.0239. The molecule has 1 fully saturated rings. The summed E-state index contributed by atoms with van der Waals surface area (Å²) in [5.41, 5.74) is 2.37. The fourth-order valence-corrected chi connectivity index (χ4v) is 5.00. The van der Waals surface area contributed by atoms with Crippen molar-refractivity contribution in [3.63, 3.8) is 0 Å². The van der Waals surface area contributed by atoms with Gasteiger partial charge >= 0.3 is 0 Å². The normalized spacial score (nSPS) is 15.9. The van der Waals surface area contributed by atoms with E-state index < -0.39 is 15.9 Å². The third-order valence-corrected chi connectivity index (χ3v) is 6.79. The molecule has 0 spiro atoms. The van der Waals surface area contributed by atoms with Crippen molar-refractivity contribution in [3.8, 4) is 0 Å². The first-order valence-electron chi connectivity index (χ1n) is 9.09. The van der Waals surface area contributed by atoms with Gasteiger partial charge in [0.1, 0.15) is 5.76 Å². The number of hydrogen-bond donors (Lipinski definition) is 1. The topological polar surface area (TPSA) is 92.0 Å². The van der Waals surface area contributed by atoms with E-state index in [1.807, 2.05) is 0 Å². The van der Waals surface area contributed by atoms with Crippen LogP contribution in [0.1, 0.15) is 37.9 Å². The number of halogens is 1. The molecular formula is C19H22ClN3O4S. The van der Waals surface area contributed by atoms with Gasteiger partial charge in [-0.15, -0.1) is 0 Å². The summed E-state index contributed by atoms with van der Waals surface area (Å²) in [6.45, 7) is -0.300. The van der Waals surface area contributed by atoms with Crippen LogP contribution in [0.3, 0.4) is 0 Å². The molecule has 0 unspecified atom stereocenters. The number of amides is 1. The van der Waals surface area contributed by atoms with Gasteiger partial charge in [-0.2, -0.15) is 9.41 Å². The van der Waals surface area contributed by atoms with E-state index in [1.54, 1.807) is 12.1 Å². The van der Waals surface area contributed by atoms with Crippen LogP contribution in [0.25, 0.3) is 0 Å². The highest BCUT2D eigenvalue weighted by Gasteiger charge is 2.33. The summed E-state index contributed by atoms with van der Waals surface area (Å²) in [6.07, 6.45) is 7.27. The summed E-state index contributed by atoms with van der Waals surface area (Å²) < 4.78 is 32.8. The molecule has 1 N–H and O–H groups in total. The lowest BCUT2D eigenvalue weighted by Crippen LogP contribution is -2.46. The number of carbonyl (C=O) groups excluding carboxylic acids is 1. The molecule has 1 heterocycles.